The molecule has 312 valence electrons. The van der Waals surface area contributed by atoms with E-state index in [0.717, 1.165) is 0 Å². The Morgan fingerprint density at radius 2 is 1.14 bits per heavy atom. The summed E-state index contributed by atoms with van der Waals surface area (Å²) in [6, 6.07) is 56.9. The average Bonchev–Trinajstić information content (AvgIpc) is 3.73. The van der Waals surface area contributed by atoms with E-state index in [-0.39, 0.29) is 17.5 Å². The third-order valence-corrected chi connectivity index (χ3v) is 19.6. The van der Waals surface area contributed by atoms with Crippen LogP contribution in [0.5, 0.6) is 0 Å². The Kier molecular flexibility index (Phi) is 8.84. The van der Waals surface area contributed by atoms with Gasteiger partial charge >= 0.3 is 0 Å². The van der Waals surface area contributed by atoms with Crippen molar-refractivity contribution in [2.75, 3.05) is 9.80 Å². The molecule has 0 bridgehead atoms. The van der Waals surface area contributed by atoms with Crippen LogP contribution in [0, 0.1) is 0 Å². The SMILES string of the molecule is CC(C)(C)c1ccc(N2c3cc(-c4ccccc4)cc4c3B(c3cc([Si](C)(C)C)ccc3N4c3ccc([Si](C)(C)C)cc3)c3sc4cc5c(cc4c32)-c2ccccc2C5(C)C)cc1. The van der Waals surface area contributed by atoms with Crippen molar-refractivity contribution in [3.05, 3.63) is 162 Å². The van der Waals surface area contributed by atoms with E-state index in [1.807, 2.05) is 11.3 Å². The molecule has 0 amide bonds. The smallest absolute Gasteiger partial charge is 0.264 e. The lowest BCUT2D eigenvalue weighted by molar-refractivity contribution is 0.590. The normalized spacial score (nSPS) is 14.9. The van der Waals surface area contributed by atoms with E-state index in [2.05, 4.69) is 229 Å². The molecule has 8 aromatic rings. The molecular weight excluding hydrogens is 812 g/mol. The monoisotopic (exact) mass is 868 g/mol. The van der Waals surface area contributed by atoms with Crippen molar-refractivity contribution >= 4 is 104 Å². The molecule has 0 saturated carbocycles. The van der Waals surface area contributed by atoms with Gasteiger partial charge in [-0.15, -0.1) is 11.3 Å². The van der Waals surface area contributed by atoms with Gasteiger partial charge in [0.25, 0.3) is 6.71 Å². The van der Waals surface area contributed by atoms with E-state index < -0.39 is 16.1 Å². The number of rotatable bonds is 5. The zero-order valence-electron chi connectivity index (χ0n) is 38.7. The molecule has 2 aliphatic heterocycles. The van der Waals surface area contributed by atoms with Gasteiger partial charge in [0.1, 0.15) is 0 Å². The maximum Gasteiger partial charge on any atom is 0.264 e. The van der Waals surface area contributed by atoms with Crippen LogP contribution in [-0.4, -0.2) is 22.9 Å². The molecule has 0 atom stereocenters. The topological polar surface area (TPSA) is 6.48 Å². The zero-order chi connectivity index (χ0) is 44.0. The van der Waals surface area contributed by atoms with E-state index in [1.54, 1.807) is 0 Å². The number of thiophene rings is 1. The summed E-state index contributed by atoms with van der Waals surface area (Å²) in [4.78, 5) is 5.26. The summed E-state index contributed by atoms with van der Waals surface area (Å²) in [5.41, 5.74) is 19.7. The Hall–Kier alpha value is -5.40. The van der Waals surface area contributed by atoms with Gasteiger partial charge in [-0.3, -0.25) is 0 Å². The number of fused-ring (bicyclic) bond motifs is 9. The van der Waals surface area contributed by atoms with Crippen LogP contribution < -0.4 is 35.9 Å². The van der Waals surface area contributed by atoms with E-state index in [0.29, 0.717) is 0 Å². The highest BCUT2D eigenvalue weighted by atomic mass is 32.1. The molecular formula is C57H57BN2SSi2. The van der Waals surface area contributed by atoms with Gasteiger partial charge < -0.3 is 9.80 Å². The van der Waals surface area contributed by atoms with E-state index >= 15 is 0 Å². The molecule has 6 heteroatoms. The second-order valence-electron chi connectivity index (χ2n) is 21.9. The Morgan fingerprint density at radius 3 is 1.81 bits per heavy atom. The molecule has 0 N–H and O–H groups in total. The van der Waals surface area contributed by atoms with Gasteiger partial charge in [0.15, 0.2) is 0 Å². The average molecular weight is 869 g/mol. The molecule has 1 aliphatic carbocycles. The van der Waals surface area contributed by atoms with Crippen molar-refractivity contribution < 1.29 is 0 Å². The summed E-state index contributed by atoms with van der Waals surface area (Å²) in [6.07, 6.45) is 0. The highest BCUT2D eigenvalue weighted by Gasteiger charge is 2.47. The minimum Gasteiger partial charge on any atom is -0.311 e. The molecule has 7 aromatic carbocycles. The van der Waals surface area contributed by atoms with Crippen molar-refractivity contribution in [2.45, 2.75) is 84.7 Å². The molecule has 0 unspecified atom stereocenters. The van der Waals surface area contributed by atoms with Crippen LogP contribution in [0.3, 0.4) is 0 Å². The third kappa shape index (κ3) is 6.23. The number of nitrogens with zero attached hydrogens (tertiary/aromatic N) is 2. The van der Waals surface area contributed by atoms with Crippen molar-refractivity contribution in [3.8, 4) is 22.3 Å². The van der Waals surface area contributed by atoms with Crippen LogP contribution in [0.2, 0.25) is 39.3 Å². The molecule has 3 aliphatic rings. The van der Waals surface area contributed by atoms with Crippen molar-refractivity contribution in [1.29, 1.82) is 0 Å². The van der Waals surface area contributed by atoms with Crippen molar-refractivity contribution in [3.63, 3.8) is 0 Å². The third-order valence-electron chi connectivity index (χ3n) is 14.3. The fourth-order valence-electron chi connectivity index (χ4n) is 10.7. The van der Waals surface area contributed by atoms with E-state index in [1.165, 1.54) is 109 Å². The molecule has 0 fully saturated rings. The minimum atomic E-state index is -1.70. The van der Waals surface area contributed by atoms with Crippen molar-refractivity contribution in [2.24, 2.45) is 0 Å². The van der Waals surface area contributed by atoms with E-state index in [4.69, 9.17) is 0 Å². The highest BCUT2D eigenvalue weighted by Crippen LogP contribution is 2.54. The first kappa shape index (κ1) is 40.4. The van der Waals surface area contributed by atoms with Gasteiger partial charge in [-0.25, -0.2) is 0 Å². The van der Waals surface area contributed by atoms with Gasteiger partial charge in [-0.1, -0.05) is 175 Å². The molecule has 0 saturated heterocycles. The maximum atomic E-state index is 2.65. The molecule has 0 radical (unpaired) electrons. The number of benzene rings is 7. The van der Waals surface area contributed by atoms with E-state index in [9.17, 15) is 0 Å². The fraction of sp³-hybridized carbons (Fsp3) is 0.228. The molecule has 2 nitrogen and oxygen atoms in total. The Labute approximate surface area is 381 Å². The second-order valence-corrected chi connectivity index (χ2v) is 33.1. The lowest BCUT2D eigenvalue weighted by atomic mass is 9.36. The van der Waals surface area contributed by atoms with Crippen molar-refractivity contribution in [1.82, 2.24) is 0 Å². The first-order chi connectivity index (χ1) is 29.9. The van der Waals surface area contributed by atoms with Gasteiger partial charge in [-0.05, 0) is 110 Å². The predicted molar refractivity (Wildman–Crippen MR) is 284 cm³/mol. The Morgan fingerprint density at radius 1 is 0.540 bits per heavy atom. The standard InChI is InChI=1S/C57H57BN2SSi2/c1-56(2,3)38-21-23-40(24-22-38)60-51-32-37(36-17-13-12-14-18-36)31-50-53(51)58(55-54(60)45-34-44-43-19-15-16-20-46(43)57(4,5)47(44)35-52(45)61-55)48-33-42(63(9,10)11)29-30-49(48)59(50)39-25-27-41(28-26-39)62(6,7)8/h12-35H,1-11H3. The summed E-state index contributed by atoms with van der Waals surface area (Å²) in [5, 5.41) is 4.32. The number of hydrogen-bond donors (Lipinski definition) is 0. The Bertz CT molecular complexity index is 3150. The number of anilines is 6. The number of hydrogen-bond acceptors (Lipinski definition) is 3. The van der Waals surface area contributed by atoms with Crippen LogP contribution >= 0.6 is 11.3 Å². The van der Waals surface area contributed by atoms with Gasteiger partial charge in [0.05, 0.1) is 21.8 Å². The molecule has 11 rings (SSSR count). The lowest BCUT2D eigenvalue weighted by Gasteiger charge is -2.44. The summed E-state index contributed by atoms with van der Waals surface area (Å²) in [5.74, 6) is 0. The quantitative estimate of drug-likeness (QED) is 0.159. The first-order valence-corrected chi connectivity index (χ1v) is 30.6. The van der Waals surface area contributed by atoms with Gasteiger partial charge in [0, 0.05) is 48.7 Å². The fourth-order valence-corrected chi connectivity index (χ4v) is 14.4. The molecule has 3 heterocycles. The molecule has 63 heavy (non-hydrogen) atoms. The molecule has 1 aromatic heterocycles. The van der Waals surface area contributed by atoms with Crippen LogP contribution in [0.1, 0.15) is 51.3 Å². The van der Waals surface area contributed by atoms with Gasteiger partial charge in [-0.2, -0.15) is 0 Å². The van der Waals surface area contributed by atoms with Crippen LogP contribution in [0.15, 0.2) is 146 Å². The van der Waals surface area contributed by atoms with Crippen LogP contribution in [-0.2, 0) is 10.8 Å². The summed E-state index contributed by atoms with van der Waals surface area (Å²) >= 11 is 2.02. The molecule has 0 spiro atoms. The summed E-state index contributed by atoms with van der Waals surface area (Å²) in [6.45, 7) is 26.6. The highest BCUT2D eigenvalue weighted by molar-refractivity contribution is 7.33. The summed E-state index contributed by atoms with van der Waals surface area (Å²) in [7, 11) is -3.22. The minimum absolute atomic E-state index is 0.0439. The van der Waals surface area contributed by atoms with Gasteiger partial charge in [0.2, 0.25) is 0 Å². The summed E-state index contributed by atoms with van der Waals surface area (Å²) < 4.78 is 2.80. The van der Waals surface area contributed by atoms with Crippen LogP contribution in [0.25, 0.3) is 32.3 Å². The second kappa shape index (κ2) is 13.8. The largest absolute Gasteiger partial charge is 0.311 e. The predicted octanol–water partition coefficient (Wildman–Crippen LogP) is 13.3. The lowest BCUT2D eigenvalue weighted by Crippen LogP contribution is -2.61. The Balaban J connectivity index is 1.27. The first-order valence-electron chi connectivity index (χ1n) is 22.8. The zero-order valence-corrected chi connectivity index (χ0v) is 41.6. The maximum absolute atomic E-state index is 2.65. The van der Waals surface area contributed by atoms with Crippen LogP contribution in [0.4, 0.5) is 34.1 Å².